The van der Waals surface area contributed by atoms with Gasteiger partial charge in [-0.25, -0.2) is 4.99 Å². The number of hydrogen-bond acceptors (Lipinski definition) is 5. The minimum absolute atomic E-state index is 0.492. The number of benzene rings is 1. The van der Waals surface area contributed by atoms with Crippen molar-refractivity contribution in [1.29, 1.82) is 0 Å². The summed E-state index contributed by atoms with van der Waals surface area (Å²) in [5.74, 6) is 2.32. The molecule has 0 amide bonds. The molecule has 0 radical (unpaired) electrons. The van der Waals surface area contributed by atoms with Crippen LogP contribution in [0.1, 0.15) is 45.1 Å². The van der Waals surface area contributed by atoms with Gasteiger partial charge in [0.1, 0.15) is 11.4 Å². The summed E-state index contributed by atoms with van der Waals surface area (Å²) in [5, 5.41) is 0. The molecule has 0 aromatic heterocycles. The van der Waals surface area contributed by atoms with Gasteiger partial charge < -0.3 is 9.45 Å². The molecule has 1 saturated carbocycles. The van der Waals surface area contributed by atoms with E-state index in [1.165, 1.54) is 18.4 Å². The Morgan fingerprint density at radius 3 is 2.30 bits per heavy atom. The molecule has 1 aliphatic carbocycles. The number of piperazine rings is 1. The van der Waals surface area contributed by atoms with Crippen molar-refractivity contribution in [3.63, 3.8) is 0 Å². The van der Waals surface area contributed by atoms with E-state index in [9.17, 15) is 4.55 Å². The van der Waals surface area contributed by atoms with Crippen molar-refractivity contribution in [2.75, 3.05) is 39.3 Å². The molecule has 1 atom stereocenters. The number of hydrogen-bond donors (Lipinski definition) is 0. The van der Waals surface area contributed by atoms with Gasteiger partial charge in [-0.05, 0) is 42.4 Å². The van der Waals surface area contributed by atoms with Crippen LogP contribution in [0.25, 0.3) is 0 Å². The third-order valence-corrected chi connectivity index (χ3v) is 7.61. The first-order valence-electron chi connectivity index (χ1n) is 10.4. The van der Waals surface area contributed by atoms with Crippen molar-refractivity contribution >= 4 is 17.3 Å². The molecule has 1 aromatic rings. The molecule has 1 aromatic carbocycles. The van der Waals surface area contributed by atoms with E-state index in [1.54, 1.807) is 0 Å². The number of aliphatic imine (C=N–C) groups is 1. The van der Waals surface area contributed by atoms with Crippen LogP contribution in [0.15, 0.2) is 34.2 Å². The lowest BCUT2D eigenvalue weighted by atomic mass is 9.80. The topological polar surface area (TPSA) is 45.1 Å². The monoisotopic (exact) mass is 388 g/mol. The van der Waals surface area contributed by atoms with Crippen molar-refractivity contribution < 1.29 is 4.55 Å². The lowest BCUT2D eigenvalue weighted by Crippen LogP contribution is -2.57. The molecule has 27 heavy (non-hydrogen) atoms. The van der Waals surface area contributed by atoms with Crippen molar-refractivity contribution in [2.24, 2.45) is 10.9 Å². The Morgan fingerprint density at radius 2 is 1.70 bits per heavy atom. The maximum atomic E-state index is 13.2. The summed E-state index contributed by atoms with van der Waals surface area (Å²) in [4.78, 5) is 10.6. The molecule has 1 unspecified atom stereocenters. The summed E-state index contributed by atoms with van der Waals surface area (Å²) in [7, 11) is 0. The summed E-state index contributed by atoms with van der Waals surface area (Å²) in [6, 6.07) is 9.01. The Kier molecular flexibility index (Phi) is 5.67. The highest BCUT2D eigenvalue weighted by atomic mass is 32.2. The Hall–Kier alpha value is -1.24. The van der Waals surface area contributed by atoms with Gasteiger partial charge in [0.05, 0.1) is 13.1 Å². The zero-order valence-electron chi connectivity index (χ0n) is 16.8. The normalized spacial score (nSPS) is 27.7. The second-order valence-electron chi connectivity index (χ2n) is 8.51. The average molecular weight is 389 g/mol. The van der Waals surface area contributed by atoms with Gasteiger partial charge in [-0.15, -0.1) is 0 Å². The fourth-order valence-electron chi connectivity index (χ4n) is 4.38. The molecule has 0 spiro atoms. The maximum absolute atomic E-state index is 13.2. The van der Waals surface area contributed by atoms with Gasteiger partial charge in [0.15, 0.2) is 4.90 Å². The summed E-state index contributed by atoms with van der Waals surface area (Å²) in [6.45, 7) is 12.4. The van der Waals surface area contributed by atoms with Gasteiger partial charge in [0, 0.05) is 32.2 Å². The summed E-state index contributed by atoms with van der Waals surface area (Å²) in [5.41, 5.74) is 1.28. The molecule has 0 bridgehead atoms. The van der Waals surface area contributed by atoms with Crippen LogP contribution in [0.4, 0.5) is 0 Å². The predicted molar refractivity (Wildman–Crippen MR) is 111 cm³/mol. The highest BCUT2D eigenvalue weighted by Crippen LogP contribution is 2.32. The molecule has 2 aliphatic heterocycles. The summed E-state index contributed by atoms with van der Waals surface area (Å²) >= 11 is -1.18. The Balaban J connectivity index is 1.37. The molecule has 1 saturated heterocycles. The zero-order chi connectivity index (χ0) is 19.0. The zero-order valence-corrected chi connectivity index (χ0v) is 17.6. The summed E-state index contributed by atoms with van der Waals surface area (Å²) < 4.78 is 15.2. The van der Waals surface area contributed by atoms with Gasteiger partial charge in [0.25, 0.3) is 0 Å². The van der Waals surface area contributed by atoms with Gasteiger partial charge in [-0.1, -0.05) is 32.9 Å². The molecular formula is C21H32N4OS. The third kappa shape index (κ3) is 3.98. The molecule has 2 heterocycles. The fraction of sp³-hybridized carbons (Fsp3) is 0.667. The molecule has 148 valence electrons. The van der Waals surface area contributed by atoms with E-state index in [0.717, 1.165) is 62.1 Å². The Bertz CT molecular complexity index is 663. The predicted octanol–water partition coefficient (Wildman–Crippen LogP) is 2.92. The Labute approximate surface area is 166 Å². The van der Waals surface area contributed by atoms with Crippen molar-refractivity contribution in [3.8, 4) is 0 Å². The molecular weight excluding hydrogens is 356 g/mol. The highest BCUT2D eigenvalue weighted by Gasteiger charge is 2.37. The molecule has 2 fully saturated rings. The van der Waals surface area contributed by atoms with Crippen molar-refractivity contribution in [2.45, 2.75) is 50.5 Å². The minimum atomic E-state index is -1.18. The van der Waals surface area contributed by atoms with Gasteiger partial charge in [-0.3, -0.25) is 4.90 Å². The fourth-order valence-corrected chi connectivity index (χ4v) is 5.57. The van der Waals surface area contributed by atoms with E-state index in [1.807, 2.05) is 16.4 Å². The third-order valence-electron chi connectivity index (χ3n) is 6.19. The average Bonchev–Trinajstić information content (AvgIpc) is 3.15. The van der Waals surface area contributed by atoms with Crippen LogP contribution in [0.5, 0.6) is 0 Å². The molecule has 4 rings (SSSR count). The van der Waals surface area contributed by atoms with Crippen LogP contribution in [-0.4, -0.2) is 69.9 Å². The van der Waals surface area contributed by atoms with Crippen LogP contribution >= 0.6 is 0 Å². The van der Waals surface area contributed by atoms with Gasteiger partial charge in [-0.2, -0.15) is 4.31 Å². The minimum Gasteiger partial charge on any atom is -0.588 e. The largest absolute Gasteiger partial charge is 0.588 e. The van der Waals surface area contributed by atoms with E-state index in [4.69, 9.17) is 4.99 Å². The van der Waals surface area contributed by atoms with Crippen molar-refractivity contribution in [1.82, 2.24) is 14.1 Å². The standard InChI is InChI=1S/C21H32N4OS/c1-16(2)18-4-6-20(7-5-18)27(26)25-9-8-22-21(25)24-12-10-23(11-13-24)19-14-17(3)15-19/h4-7,16-17,19H,8-15H2,1-3H3. The van der Waals surface area contributed by atoms with E-state index in [0.29, 0.717) is 5.92 Å². The van der Waals surface area contributed by atoms with Gasteiger partial charge in [0.2, 0.25) is 5.96 Å². The molecule has 6 heteroatoms. The quantitative estimate of drug-likeness (QED) is 0.744. The van der Waals surface area contributed by atoms with E-state index in [2.05, 4.69) is 42.7 Å². The van der Waals surface area contributed by atoms with Crippen LogP contribution in [0, 0.1) is 5.92 Å². The molecule has 0 N–H and O–H groups in total. The van der Waals surface area contributed by atoms with Crippen LogP contribution in [-0.2, 0) is 11.4 Å². The van der Waals surface area contributed by atoms with E-state index >= 15 is 0 Å². The number of guanidine groups is 1. The van der Waals surface area contributed by atoms with Crippen LogP contribution < -0.4 is 0 Å². The first-order valence-corrected chi connectivity index (χ1v) is 11.5. The SMILES string of the molecule is CC1CC(N2CCN(C3=NCCN3[S+]([O-])c3ccc(C(C)C)cc3)CC2)C1. The highest BCUT2D eigenvalue weighted by molar-refractivity contribution is 7.89. The van der Waals surface area contributed by atoms with Crippen LogP contribution in [0.3, 0.4) is 0 Å². The second-order valence-corrected chi connectivity index (χ2v) is 9.92. The van der Waals surface area contributed by atoms with E-state index in [-0.39, 0.29) is 0 Å². The molecule has 3 aliphatic rings. The number of rotatable bonds is 4. The first kappa shape index (κ1) is 19.1. The van der Waals surface area contributed by atoms with Crippen molar-refractivity contribution in [3.05, 3.63) is 29.8 Å². The Morgan fingerprint density at radius 1 is 1.04 bits per heavy atom. The van der Waals surface area contributed by atoms with Gasteiger partial charge >= 0.3 is 0 Å². The maximum Gasteiger partial charge on any atom is 0.240 e. The lowest BCUT2D eigenvalue weighted by Gasteiger charge is -2.46. The second kappa shape index (κ2) is 8.02. The number of nitrogens with zero attached hydrogens (tertiary/aromatic N) is 4. The summed E-state index contributed by atoms with van der Waals surface area (Å²) in [6.07, 6.45) is 2.70. The smallest absolute Gasteiger partial charge is 0.240 e. The lowest BCUT2D eigenvalue weighted by molar-refractivity contribution is 0.0541. The van der Waals surface area contributed by atoms with Crippen LogP contribution in [0.2, 0.25) is 0 Å². The first-order chi connectivity index (χ1) is 13.0. The molecule has 5 nitrogen and oxygen atoms in total. The van der Waals surface area contributed by atoms with E-state index < -0.39 is 11.4 Å².